The second-order valence-corrected chi connectivity index (χ2v) is 10.3. The van der Waals surface area contributed by atoms with Crippen molar-refractivity contribution in [2.24, 2.45) is 16.5 Å². The predicted octanol–water partition coefficient (Wildman–Crippen LogP) is -2.26. The molecule has 2 rings (SSSR count). The van der Waals surface area contributed by atoms with E-state index in [9.17, 15) is 34.1 Å². The molecule has 0 aromatic carbocycles. The van der Waals surface area contributed by atoms with Gasteiger partial charge >= 0.3 is 5.97 Å². The summed E-state index contributed by atoms with van der Waals surface area (Å²) in [4.78, 5) is 80.8. The van der Waals surface area contributed by atoms with Crippen molar-refractivity contribution in [1.82, 2.24) is 25.9 Å². The van der Waals surface area contributed by atoms with Gasteiger partial charge < -0.3 is 36.6 Å². The smallest absolute Gasteiger partial charge is 0.328 e. The Morgan fingerprint density at radius 3 is 2.24 bits per heavy atom. The Labute approximate surface area is 237 Å². The molecule has 2 aliphatic heterocycles. The minimum absolute atomic E-state index is 0.0515. The average molecular weight is 584 g/mol. The maximum Gasteiger partial charge on any atom is 0.328 e. The van der Waals surface area contributed by atoms with E-state index >= 15 is 0 Å². The quantitative estimate of drug-likeness (QED) is 0.0387. The van der Waals surface area contributed by atoms with E-state index < -0.39 is 65.0 Å². The van der Waals surface area contributed by atoms with Gasteiger partial charge in [-0.3, -0.25) is 19.2 Å². The first kappa shape index (κ1) is 33.2. The van der Waals surface area contributed by atoms with Crippen LogP contribution in [-0.2, 0) is 28.7 Å². The lowest BCUT2D eigenvalue weighted by Gasteiger charge is -2.28. The van der Waals surface area contributed by atoms with Crippen LogP contribution in [0, 0.1) is 10.1 Å². The van der Waals surface area contributed by atoms with Crippen LogP contribution >= 0.6 is 0 Å². The molecule has 230 valence electrons. The average Bonchev–Trinajstić information content (AvgIpc) is 3.57. The number of amides is 4. The maximum atomic E-state index is 13.2. The number of ether oxygens (including phenoxy) is 1. The Balaban J connectivity index is 1.97. The first-order valence-corrected chi connectivity index (χ1v) is 13.7. The first-order valence-electron chi connectivity index (χ1n) is 13.7. The largest absolute Gasteiger partial charge is 0.461 e. The van der Waals surface area contributed by atoms with Crippen molar-refractivity contribution in [3.8, 4) is 0 Å². The summed E-state index contributed by atoms with van der Waals surface area (Å²) in [5, 5.41) is 14.8. The van der Waals surface area contributed by atoms with Gasteiger partial charge in [0.05, 0.1) is 18.7 Å². The third kappa shape index (κ3) is 10.1. The lowest BCUT2D eigenvalue weighted by atomic mass is 10.1. The van der Waals surface area contributed by atoms with E-state index in [0.29, 0.717) is 38.8 Å². The van der Waals surface area contributed by atoms with Crippen molar-refractivity contribution >= 4 is 35.6 Å². The van der Waals surface area contributed by atoms with E-state index in [4.69, 9.17) is 16.2 Å². The molecular weight excluding hydrogens is 542 g/mol. The molecule has 0 aromatic rings. The number of carbonyl (C=O) groups is 5. The van der Waals surface area contributed by atoms with Crippen LogP contribution in [-0.4, -0.2) is 107 Å². The fraction of sp³-hybridized carbons (Fsp3) is 0.750. The molecule has 0 saturated carbocycles. The number of hydrogen-bond acceptors (Lipinski definition) is 10. The Morgan fingerprint density at radius 1 is 1.05 bits per heavy atom. The van der Waals surface area contributed by atoms with Gasteiger partial charge in [-0.25, -0.2) is 19.9 Å². The molecule has 17 nitrogen and oxygen atoms in total. The molecule has 2 aliphatic rings. The van der Waals surface area contributed by atoms with Crippen LogP contribution in [0.25, 0.3) is 0 Å². The second-order valence-electron chi connectivity index (χ2n) is 10.3. The van der Waals surface area contributed by atoms with E-state index in [0.717, 1.165) is 0 Å². The standard InChI is InChI=1S/C24H41N9O8/c1-14(2)41-23(38)16(7-4-10-27-24(26)30-33(39)40)29-21(36)18-9-5-11-31(18)19(34)13-28-20(35)17-8-6-12-32(17)22(37)15(3)25/h14-18H,4-13,25H2,1-3H3,(H,28,35)(H,29,36)(H3,26,27,30)/t15-,16-,17-,18-/m0/s1. The lowest BCUT2D eigenvalue weighted by molar-refractivity contribution is -0.525. The molecule has 0 unspecified atom stereocenters. The van der Waals surface area contributed by atoms with Gasteiger partial charge in [0.15, 0.2) is 5.03 Å². The highest BCUT2D eigenvalue weighted by Crippen LogP contribution is 2.20. The maximum absolute atomic E-state index is 13.2. The van der Waals surface area contributed by atoms with Gasteiger partial charge in [0.2, 0.25) is 23.6 Å². The fourth-order valence-electron chi connectivity index (χ4n) is 4.74. The number of nitrogens with one attached hydrogen (secondary N) is 3. The van der Waals surface area contributed by atoms with E-state index in [1.165, 1.54) is 9.80 Å². The first-order chi connectivity index (χ1) is 19.3. The summed E-state index contributed by atoms with van der Waals surface area (Å²) in [5.74, 6) is -2.87. The van der Waals surface area contributed by atoms with Crippen LogP contribution in [0.4, 0.5) is 0 Å². The van der Waals surface area contributed by atoms with Crippen molar-refractivity contribution in [2.75, 3.05) is 26.2 Å². The van der Waals surface area contributed by atoms with Gasteiger partial charge in [0, 0.05) is 19.6 Å². The number of aliphatic imine (C=N–C) groups is 1. The molecule has 0 aromatic heterocycles. The Kier molecular flexibility index (Phi) is 12.7. The second kappa shape index (κ2) is 15.7. The number of nitrogens with two attached hydrogens (primary N) is 2. The van der Waals surface area contributed by atoms with Crippen LogP contribution in [0.3, 0.4) is 0 Å². The summed E-state index contributed by atoms with van der Waals surface area (Å²) < 4.78 is 5.26. The molecule has 4 amide bonds. The highest BCUT2D eigenvalue weighted by molar-refractivity contribution is 5.94. The van der Waals surface area contributed by atoms with Crippen LogP contribution in [0.5, 0.6) is 0 Å². The van der Waals surface area contributed by atoms with Gasteiger partial charge in [0.25, 0.3) is 5.96 Å². The summed E-state index contributed by atoms with van der Waals surface area (Å²) in [6.07, 6.45) is 1.95. The summed E-state index contributed by atoms with van der Waals surface area (Å²) in [7, 11) is 0. The number of guanidine groups is 1. The van der Waals surface area contributed by atoms with Crippen LogP contribution in [0.2, 0.25) is 0 Å². The molecule has 17 heteroatoms. The molecule has 2 heterocycles. The topological polar surface area (TPSA) is 245 Å². The Morgan fingerprint density at radius 2 is 1.66 bits per heavy atom. The summed E-state index contributed by atoms with van der Waals surface area (Å²) >= 11 is 0. The van der Waals surface area contributed by atoms with Crippen molar-refractivity contribution in [2.45, 2.75) is 89.6 Å². The number of nitro groups is 1. The molecule has 0 radical (unpaired) electrons. The van der Waals surface area contributed by atoms with Crippen molar-refractivity contribution in [3.63, 3.8) is 0 Å². The third-order valence-electron chi connectivity index (χ3n) is 6.61. The van der Waals surface area contributed by atoms with Crippen LogP contribution in [0.15, 0.2) is 4.99 Å². The Hall–Kier alpha value is -4.02. The summed E-state index contributed by atoms with van der Waals surface area (Å²) in [6.45, 7) is 5.28. The highest BCUT2D eigenvalue weighted by Gasteiger charge is 2.38. The molecule has 0 spiro atoms. The number of nitrogens with zero attached hydrogens (tertiary/aromatic N) is 4. The number of esters is 1. The molecule has 41 heavy (non-hydrogen) atoms. The minimum Gasteiger partial charge on any atom is -0.461 e. The number of likely N-dealkylation sites (tertiary alicyclic amines) is 2. The van der Waals surface area contributed by atoms with Gasteiger partial charge in [-0.2, -0.15) is 0 Å². The SMILES string of the molecule is CC(C)OC(=O)[C@H](CCCN=C(N)N[N+](=O)[O-])NC(=O)[C@@H]1CCCN1C(=O)CNC(=O)[C@@H]1CCCN1C(=O)[C@H](C)N. The van der Waals surface area contributed by atoms with E-state index in [2.05, 4.69) is 15.6 Å². The predicted molar refractivity (Wildman–Crippen MR) is 145 cm³/mol. The number of rotatable bonds is 13. The lowest BCUT2D eigenvalue weighted by Crippen LogP contribution is -2.54. The monoisotopic (exact) mass is 583 g/mol. The summed E-state index contributed by atoms with van der Waals surface area (Å²) in [6, 6.07) is -3.35. The Bertz CT molecular complexity index is 1020. The zero-order valence-corrected chi connectivity index (χ0v) is 23.7. The normalized spacial score (nSPS) is 20.4. The van der Waals surface area contributed by atoms with E-state index in [1.54, 1.807) is 26.2 Å². The molecule has 2 fully saturated rings. The molecule has 7 N–H and O–H groups in total. The number of carbonyl (C=O) groups excluding carboxylic acids is 5. The van der Waals surface area contributed by atoms with Gasteiger partial charge in [-0.05, 0) is 59.3 Å². The molecule has 2 saturated heterocycles. The highest BCUT2D eigenvalue weighted by atomic mass is 16.7. The summed E-state index contributed by atoms with van der Waals surface area (Å²) in [5.41, 5.74) is 12.8. The van der Waals surface area contributed by atoms with Crippen molar-refractivity contribution < 1.29 is 33.7 Å². The fourth-order valence-corrected chi connectivity index (χ4v) is 4.74. The van der Waals surface area contributed by atoms with Crippen molar-refractivity contribution in [1.29, 1.82) is 0 Å². The van der Waals surface area contributed by atoms with Gasteiger partial charge in [0.1, 0.15) is 18.1 Å². The van der Waals surface area contributed by atoms with Gasteiger partial charge in [-0.1, -0.05) is 5.43 Å². The third-order valence-corrected chi connectivity index (χ3v) is 6.61. The zero-order chi connectivity index (χ0) is 30.7. The van der Waals surface area contributed by atoms with Crippen LogP contribution in [0.1, 0.15) is 59.3 Å². The van der Waals surface area contributed by atoms with E-state index in [-0.39, 0.29) is 31.8 Å². The molecule has 0 aliphatic carbocycles. The number of hydrazine groups is 1. The van der Waals surface area contributed by atoms with Gasteiger partial charge in [-0.15, -0.1) is 0 Å². The van der Waals surface area contributed by atoms with Crippen LogP contribution < -0.4 is 27.5 Å². The number of hydrogen-bond donors (Lipinski definition) is 5. The zero-order valence-electron chi connectivity index (χ0n) is 23.7. The van der Waals surface area contributed by atoms with Crippen molar-refractivity contribution in [3.05, 3.63) is 10.1 Å². The minimum atomic E-state index is -1.04. The molecule has 4 atom stereocenters. The molecular formula is C24H41N9O8. The molecule has 0 bridgehead atoms. The van der Waals surface area contributed by atoms with E-state index in [1.807, 2.05) is 0 Å².